The highest BCUT2D eigenvalue weighted by molar-refractivity contribution is 5.09. The van der Waals surface area contributed by atoms with Crippen LogP contribution in [0.2, 0.25) is 0 Å². The second-order valence-corrected chi connectivity index (χ2v) is 2.61. The summed E-state index contributed by atoms with van der Waals surface area (Å²) in [6.45, 7) is 1.74. The molecule has 1 fully saturated rings. The largest absolute Gasteiger partial charge is 0.373 e. The summed E-state index contributed by atoms with van der Waals surface area (Å²) < 4.78 is 6.78. The Labute approximate surface area is 64.2 Å². The standard InChI is InChI=1S/C6H10N4O/c7-6-8-4-10(9-6)2-1-5-3-11-5/h4-5H,1-3H2,(H2,7,9). The van der Waals surface area contributed by atoms with E-state index in [1.54, 1.807) is 11.0 Å². The molecule has 0 bridgehead atoms. The lowest BCUT2D eigenvalue weighted by atomic mass is 10.3. The zero-order valence-corrected chi connectivity index (χ0v) is 6.10. The molecule has 1 atom stereocenters. The van der Waals surface area contributed by atoms with Crippen molar-refractivity contribution in [3.8, 4) is 0 Å². The summed E-state index contributed by atoms with van der Waals surface area (Å²) in [4.78, 5) is 3.80. The first-order chi connectivity index (χ1) is 5.34. The topological polar surface area (TPSA) is 69.3 Å². The molecule has 1 aliphatic rings. The maximum atomic E-state index is 5.33. The number of nitrogens with zero attached hydrogens (tertiary/aromatic N) is 3. The van der Waals surface area contributed by atoms with Gasteiger partial charge >= 0.3 is 0 Å². The molecule has 1 unspecified atom stereocenters. The number of aromatic nitrogens is 3. The van der Waals surface area contributed by atoms with E-state index in [1.807, 2.05) is 0 Å². The van der Waals surface area contributed by atoms with Crippen molar-refractivity contribution in [2.75, 3.05) is 12.3 Å². The van der Waals surface area contributed by atoms with E-state index in [0.717, 1.165) is 19.6 Å². The van der Waals surface area contributed by atoms with Gasteiger partial charge in [-0.1, -0.05) is 0 Å². The number of rotatable bonds is 3. The van der Waals surface area contributed by atoms with Crippen molar-refractivity contribution in [3.63, 3.8) is 0 Å². The summed E-state index contributed by atoms with van der Waals surface area (Å²) in [5.74, 6) is 0.335. The zero-order valence-electron chi connectivity index (χ0n) is 6.10. The van der Waals surface area contributed by atoms with E-state index in [9.17, 15) is 0 Å². The average molecular weight is 154 g/mol. The minimum absolute atomic E-state index is 0.335. The Bertz CT molecular complexity index is 242. The van der Waals surface area contributed by atoms with Gasteiger partial charge in [-0.2, -0.15) is 0 Å². The third-order valence-corrected chi connectivity index (χ3v) is 1.64. The molecule has 60 valence electrons. The van der Waals surface area contributed by atoms with Gasteiger partial charge in [-0.25, -0.2) is 4.98 Å². The van der Waals surface area contributed by atoms with Gasteiger partial charge in [0, 0.05) is 6.54 Å². The maximum Gasteiger partial charge on any atom is 0.239 e. The minimum Gasteiger partial charge on any atom is -0.373 e. The fourth-order valence-electron chi connectivity index (χ4n) is 0.928. The zero-order chi connectivity index (χ0) is 7.68. The predicted octanol–water partition coefficient (Wildman–Crippen LogP) is -0.351. The van der Waals surface area contributed by atoms with Gasteiger partial charge in [0.15, 0.2) is 0 Å². The Morgan fingerprint density at radius 1 is 1.82 bits per heavy atom. The van der Waals surface area contributed by atoms with Crippen LogP contribution in [0.5, 0.6) is 0 Å². The van der Waals surface area contributed by atoms with Gasteiger partial charge in [-0.3, -0.25) is 4.68 Å². The van der Waals surface area contributed by atoms with Crippen molar-refractivity contribution in [1.29, 1.82) is 0 Å². The van der Waals surface area contributed by atoms with Gasteiger partial charge in [-0.05, 0) is 6.42 Å². The lowest BCUT2D eigenvalue weighted by molar-refractivity contribution is 0.380. The number of hydrogen-bond donors (Lipinski definition) is 1. The fourth-order valence-corrected chi connectivity index (χ4v) is 0.928. The van der Waals surface area contributed by atoms with Crippen LogP contribution in [0.3, 0.4) is 0 Å². The van der Waals surface area contributed by atoms with Crippen LogP contribution in [0.1, 0.15) is 6.42 Å². The molecule has 5 heteroatoms. The monoisotopic (exact) mass is 154 g/mol. The van der Waals surface area contributed by atoms with E-state index in [2.05, 4.69) is 10.1 Å². The fraction of sp³-hybridized carbons (Fsp3) is 0.667. The molecule has 0 amide bonds. The van der Waals surface area contributed by atoms with Gasteiger partial charge in [0.05, 0.1) is 12.7 Å². The van der Waals surface area contributed by atoms with Crippen molar-refractivity contribution in [2.45, 2.75) is 19.1 Å². The molecule has 0 saturated carbocycles. The van der Waals surface area contributed by atoms with Gasteiger partial charge in [0.25, 0.3) is 0 Å². The molecule has 11 heavy (non-hydrogen) atoms. The molecule has 2 heterocycles. The van der Waals surface area contributed by atoms with Gasteiger partial charge < -0.3 is 10.5 Å². The highest BCUT2D eigenvalue weighted by atomic mass is 16.6. The predicted molar refractivity (Wildman–Crippen MR) is 38.8 cm³/mol. The van der Waals surface area contributed by atoms with Crippen LogP contribution in [0.4, 0.5) is 5.95 Å². The number of hydrogen-bond acceptors (Lipinski definition) is 4. The van der Waals surface area contributed by atoms with Crippen LogP contribution >= 0.6 is 0 Å². The first kappa shape index (κ1) is 6.60. The van der Waals surface area contributed by atoms with Crippen LogP contribution in [0, 0.1) is 0 Å². The molecular weight excluding hydrogens is 144 g/mol. The van der Waals surface area contributed by atoms with Gasteiger partial charge in [0.2, 0.25) is 5.95 Å². The number of anilines is 1. The summed E-state index contributed by atoms with van der Waals surface area (Å²) in [5.41, 5.74) is 5.33. The molecule has 0 aromatic carbocycles. The first-order valence-electron chi connectivity index (χ1n) is 3.61. The smallest absolute Gasteiger partial charge is 0.239 e. The quantitative estimate of drug-likeness (QED) is 0.604. The second-order valence-electron chi connectivity index (χ2n) is 2.61. The summed E-state index contributed by atoms with van der Waals surface area (Å²) in [6, 6.07) is 0. The van der Waals surface area contributed by atoms with Crippen molar-refractivity contribution in [3.05, 3.63) is 6.33 Å². The third kappa shape index (κ3) is 1.68. The maximum absolute atomic E-state index is 5.33. The molecule has 0 spiro atoms. The van der Waals surface area contributed by atoms with E-state index < -0.39 is 0 Å². The third-order valence-electron chi connectivity index (χ3n) is 1.64. The second kappa shape index (κ2) is 2.50. The lowest BCUT2D eigenvalue weighted by Gasteiger charge is -1.94. The summed E-state index contributed by atoms with van der Waals surface area (Å²) in [5, 5.41) is 3.94. The van der Waals surface area contributed by atoms with Crippen LogP contribution in [0.25, 0.3) is 0 Å². The Balaban J connectivity index is 1.85. The van der Waals surface area contributed by atoms with Crippen molar-refractivity contribution >= 4 is 5.95 Å². The van der Waals surface area contributed by atoms with Gasteiger partial charge in [-0.15, -0.1) is 5.10 Å². The molecular formula is C6H10N4O. The number of aryl methyl sites for hydroxylation is 1. The lowest BCUT2D eigenvalue weighted by Crippen LogP contribution is -2.02. The van der Waals surface area contributed by atoms with Gasteiger partial charge in [0.1, 0.15) is 6.33 Å². The van der Waals surface area contributed by atoms with Crippen LogP contribution in [0.15, 0.2) is 6.33 Å². The summed E-state index contributed by atoms with van der Waals surface area (Å²) >= 11 is 0. The Morgan fingerprint density at radius 2 is 2.64 bits per heavy atom. The SMILES string of the molecule is Nc1ncn(CCC2CO2)n1. The van der Waals surface area contributed by atoms with E-state index >= 15 is 0 Å². The molecule has 1 saturated heterocycles. The normalized spacial score (nSPS) is 22.0. The van der Waals surface area contributed by atoms with Crippen LogP contribution < -0.4 is 5.73 Å². The van der Waals surface area contributed by atoms with Crippen molar-refractivity contribution in [1.82, 2.24) is 14.8 Å². The number of nitrogen functional groups attached to an aromatic ring is 1. The van der Waals surface area contributed by atoms with Crippen molar-refractivity contribution < 1.29 is 4.74 Å². The Kier molecular flexibility index (Phi) is 1.50. The Hall–Kier alpha value is -1.10. The first-order valence-corrected chi connectivity index (χ1v) is 3.61. The van der Waals surface area contributed by atoms with E-state index in [0.29, 0.717) is 12.1 Å². The number of epoxide rings is 1. The van der Waals surface area contributed by atoms with E-state index in [4.69, 9.17) is 10.5 Å². The molecule has 1 aromatic rings. The van der Waals surface area contributed by atoms with E-state index in [-0.39, 0.29) is 0 Å². The summed E-state index contributed by atoms with van der Waals surface area (Å²) in [6.07, 6.45) is 3.08. The molecule has 2 rings (SSSR count). The molecule has 1 aliphatic heterocycles. The number of ether oxygens (including phenoxy) is 1. The average Bonchev–Trinajstić information content (AvgIpc) is 2.72. The minimum atomic E-state index is 0.335. The highest BCUT2D eigenvalue weighted by Crippen LogP contribution is 2.13. The molecule has 0 aliphatic carbocycles. The van der Waals surface area contributed by atoms with Crippen LogP contribution in [-0.2, 0) is 11.3 Å². The van der Waals surface area contributed by atoms with E-state index in [1.165, 1.54) is 0 Å². The molecule has 2 N–H and O–H groups in total. The Morgan fingerprint density at radius 3 is 3.18 bits per heavy atom. The van der Waals surface area contributed by atoms with Crippen LogP contribution in [-0.4, -0.2) is 27.5 Å². The summed E-state index contributed by atoms with van der Waals surface area (Å²) in [7, 11) is 0. The van der Waals surface area contributed by atoms with Crippen molar-refractivity contribution in [2.24, 2.45) is 0 Å². The molecule has 1 aromatic heterocycles. The number of nitrogens with two attached hydrogens (primary N) is 1. The molecule has 5 nitrogen and oxygen atoms in total. The highest BCUT2D eigenvalue weighted by Gasteiger charge is 2.21. The molecule has 0 radical (unpaired) electrons.